The second-order valence-corrected chi connectivity index (χ2v) is 8.38. The molecule has 0 radical (unpaired) electrons. The van der Waals surface area contributed by atoms with Gasteiger partial charge < -0.3 is 15.9 Å². The summed E-state index contributed by atoms with van der Waals surface area (Å²) < 4.78 is 6.77. The molecule has 156 valence electrons. The third-order valence-corrected chi connectivity index (χ3v) is 6.61. The van der Waals surface area contributed by atoms with Crippen molar-refractivity contribution in [1.82, 2.24) is 20.2 Å². The van der Waals surface area contributed by atoms with E-state index < -0.39 is 0 Å². The molecule has 1 amide bonds. The normalized spacial score (nSPS) is 14.7. The van der Waals surface area contributed by atoms with Crippen LogP contribution in [0.1, 0.15) is 24.8 Å². The number of nitrogens with one attached hydrogen (secondary N) is 1. The van der Waals surface area contributed by atoms with Crippen molar-refractivity contribution < 1.29 is 9.53 Å². The number of hydrogen-bond donors (Lipinski definition) is 2. The van der Waals surface area contributed by atoms with Gasteiger partial charge in [0.25, 0.3) is 0 Å². The van der Waals surface area contributed by atoms with Crippen molar-refractivity contribution in [3.8, 4) is 17.1 Å². The molecule has 7 nitrogen and oxygen atoms in total. The average Bonchev–Trinajstić information content (AvgIpc) is 3.12. The van der Waals surface area contributed by atoms with Crippen molar-refractivity contribution in [1.29, 1.82) is 0 Å². The number of para-hydroxylation sites is 1. The van der Waals surface area contributed by atoms with E-state index in [1.54, 1.807) is 7.11 Å². The lowest BCUT2D eigenvalue weighted by atomic mass is 9.64. The van der Waals surface area contributed by atoms with Crippen LogP contribution in [0.15, 0.2) is 59.8 Å². The molecule has 2 aromatic carbocycles. The van der Waals surface area contributed by atoms with Crippen molar-refractivity contribution in [2.24, 2.45) is 0 Å². The van der Waals surface area contributed by atoms with E-state index >= 15 is 0 Å². The highest BCUT2D eigenvalue weighted by atomic mass is 32.2. The third kappa shape index (κ3) is 4.00. The summed E-state index contributed by atoms with van der Waals surface area (Å²) in [6.45, 7) is 0.651. The van der Waals surface area contributed by atoms with Gasteiger partial charge in [-0.2, -0.15) is 0 Å². The fraction of sp³-hybridized carbons (Fsp3) is 0.318. The lowest BCUT2D eigenvalue weighted by Gasteiger charge is -2.42. The Labute approximate surface area is 180 Å². The molecule has 1 aliphatic rings. The third-order valence-electron chi connectivity index (χ3n) is 5.67. The van der Waals surface area contributed by atoms with Crippen molar-refractivity contribution in [2.45, 2.75) is 29.8 Å². The van der Waals surface area contributed by atoms with Crippen LogP contribution < -0.4 is 15.9 Å². The van der Waals surface area contributed by atoms with E-state index in [0.717, 1.165) is 18.4 Å². The van der Waals surface area contributed by atoms with Gasteiger partial charge >= 0.3 is 0 Å². The van der Waals surface area contributed by atoms with Crippen LogP contribution >= 0.6 is 11.8 Å². The second-order valence-electron chi connectivity index (χ2n) is 7.44. The van der Waals surface area contributed by atoms with Crippen molar-refractivity contribution >= 4 is 17.7 Å². The minimum Gasteiger partial charge on any atom is -0.496 e. The zero-order valence-corrected chi connectivity index (χ0v) is 17.7. The maximum atomic E-state index is 12.5. The number of carbonyl (C=O) groups excluding carboxylic acids is 1. The topological polar surface area (TPSA) is 95.1 Å². The highest BCUT2D eigenvalue weighted by Gasteiger charge is 2.38. The Morgan fingerprint density at radius 2 is 1.90 bits per heavy atom. The molecule has 0 unspecified atom stereocenters. The van der Waals surface area contributed by atoms with Crippen molar-refractivity contribution in [3.63, 3.8) is 0 Å². The smallest absolute Gasteiger partial charge is 0.230 e. The number of methoxy groups -OCH3 is 1. The predicted molar refractivity (Wildman–Crippen MR) is 118 cm³/mol. The van der Waals surface area contributed by atoms with Crippen LogP contribution in [-0.4, -0.2) is 40.2 Å². The minimum absolute atomic E-state index is 0.0379. The second kappa shape index (κ2) is 8.79. The van der Waals surface area contributed by atoms with Gasteiger partial charge in [0.05, 0.1) is 18.4 Å². The van der Waals surface area contributed by atoms with Crippen LogP contribution in [-0.2, 0) is 10.2 Å². The molecule has 3 N–H and O–H groups in total. The number of carbonyl (C=O) groups is 1. The van der Waals surface area contributed by atoms with Crippen LogP contribution in [0.25, 0.3) is 11.4 Å². The molecular formula is C22H25N5O2S. The summed E-state index contributed by atoms with van der Waals surface area (Å²) in [7, 11) is 1.60. The first kappa shape index (κ1) is 20.3. The Morgan fingerprint density at radius 3 is 2.60 bits per heavy atom. The summed E-state index contributed by atoms with van der Waals surface area (Å²) in [4.78, 5) is 12.5. The van der Waals surface area contributed by atoms with Crippen LogP contribution in [0, 0.1) is 0 Å². The minimum atomic E-state index is -0.0379. The number of amides is 1. The Hall–Kier alpha value is -3.00. The first-order valence-electron chi connectivity index (χ1n) is 9.92. The van der Waals surface area contributed by atoms with E-state index in [1.165, 1.54) is 28.4 Å². The average molecular weight is 424 g/mol. The monoisotopic (exact) mass is 423 g/mol. The van der Waals surface area contributed by atoms with E-state index in [-0.39, 0.29) is 17.1 Å². The number of rotatable bonds is 8. The maximum absolute atomic E-state index is 12.5. The number of benzene rings is 2. The Morgan fingerprint density at radius 1 is 1.17 bits per heavy atom. The summed E-state index contributed by atoms with van der Waals surface area (Å²) in [5.74, 6) is 7.53. The quantitative estimate of drug-likeness (QED) is 0.427. The molecule has 8 heteroatoms. The fourth-order valence-electron chi connectivity index (χ4n) is 3.80. The van der Waals surface area contributed by atoms with Crippen LogP contribution in [0.5, 0.6) is 5.75 Å². The van der Waals surface area contributed by atoms with Crippen LogP contribution in [0.3, 0.4) is 0 Å². The Bertz CT molecular complexity index is 1020. The number of nitrogens with two attached hydrogens (primary N) is 1. The highest BCUT2D eigenvalue weighted by Crippen LogP contribution is 2.43. The molecule has 1 aromatic heterocycles. The summed E-state index contributed by atoms with van der Waals surface area (Å²) in [5.41, 5.74) is 2.11. The number of thioether (sulfide) groups is 1. The van der Waals surface area contributed by atoms with Gasteiger partial charge in [-0.1, -0.05) is 60.6 Å². The molecule has 0 atom stereocenters. The molecular weight excluding hydrogens is 398 g/mol. The molecule has 0 spiro atoms. The number of ether oxygens (including phenoxy) is 1. The van der Waals surface area contributed by atoms with Gasteiger partial charge in [-0.05, 0) is 30.5 Å². The predicted octanol–water partition coefficient (Wildman–Crippen LogP) is 3.00. The molecule has 4 rings (SSSR count). The SMILES string of the molecule is COc1ccccc1-c1nnc(SCC(=O)NCC2(c3ccccc3)CCC2)n1N. The molecule has 0 saturated heterocycles. The highest BCUT2D eigenvalue weighted by molar-refractivity contribution is 7.99. The van der Waals surface area contributed by atoms with Gasteiger partial charge in [0.15, 0.2) is 5.82 Å². The van der Waals surface area contributed by atoms with Gasteiger partial charge in [0, 0.05) is 12.0 Å². The summed E-state index contributed by atoms with van der Waals surface area (Å²) in [6.07, 6.45) is 3.40. The molecule has 0 bridgehead atoms. The lowest BCUT2D eigenvalue weighted by Crippen LogP contribution is -2.46. The van der Waals surface area contributed by atoms with E-state index in [1.807, 2.05) is 30.3 Å². The summed E-state index contributed by atoms with van der Waals surface area (Å²) in [5, 5.41) is 11.9. The Kier molecular flexibility index (Phi) is 5.94. The van der Waals surface area contributed by atoms with Gasteiger partial charge in [0.2, 0.25) is 11.1 Å². The van der Waals surface area contributed by atoms with Crippen molar-refractivity contribution in [2.75, 3.05) is 25.3 Å². The number of aromatic nitrogens is 3. The zero-order valence-electron chi connectivity index (χ0n) is 16.9. The van der Waals surface area contributed by atoms with E-state index in [2.05, 4.69) is 39.8 Å². The molecule has 1 saturated carbocycles. The van der Waals surface area contributed by atoms with Gasteiger partial charge in [-0.15, -0.1) is 10.2 Å². The van der Waals surface area contributed by atoms with Gasteiger partial charge in [-0.3, -0.25) is 4.79 Å². The van der Waals surface area contributed by atoms with Crippen LogP contribution in [0.2, 0.25) is 0 Å². The zero-order chi connectivity index (χ0) is 21.0. The molecule has 0 aliphatic heterocycles. The summed E-state index contributed by atoms with van der Waals surface area (Å²) in [6, 6.07) is 17.9. The molecule has 1 aliphatic carbocycles. The number of nitrogens with zero attached hydrogens (tertiary/aromatic N) is 3. The van der Waals surface area contributed by atoms with Crippen LogP contribution in [0.4, 0.5) is 0 Å². The van der Waals surface area contributed by atoms with E-state index in [9.17, 15) is 4.79 Å². The maximum Gasteiger partial charge on any atom is 0.230 e. The fourth-order valence-corrected chi connectivity index (χ4v) is 4.49. The van der Waals surface area contributed by atoms with E-state index in [0.29, 0.717) is 23.3 Å². The molecule has 30 heavy (non-hydrogen) atoms. The summed E-state index contributed by atoms with van der Waals surface area (Å²) >= 11 is 1.27. The van der Waals surface area contributed by atoms with Gasteiger partial charge in [-0.25, -0.2) is 4.68 Å². The van der Waals surface area contributed by atoms with E-state index in [4.69, 9.17) is 10.6 Å². The molecule has 3 aromatic rings. The first-order chi connectivity index (χ1) is 14.6. The number of nitrogen functional groups attached to an aromatic ring is 1. The Balaban J connectivity index is 1.36. The molecule has 1 fully saturated rings. The molecule has 1 heterocycles. The number of hydrogen-bond acceptors (Lipinski definition) is 6. The van der Waals surface area contributed by atoms with Gasteiger partial charge in [0.1, 0.15) is 5.75 Å². The first-order valence-corrected chi connectivity index (χ1v) is 10.9. The largest absolute Gasteiger partial charge is 0.496 e. The lowest BCUT2D eigenvalue weighted by molar-refractivity contribution is -0.119. The standard InChI is InChI=1S/C22H25N5O2S/c1-29-18-11-6-5-10-17(18)20-25-26-21(27(20)23)30-14-19(28)24-15-22(12-7-13-22)16-8-3-2-4-9-16/h2-6,8-11H,7,12-15,23H2,1H3,(H,24,28). The van der Waals surface area contributed by atoms with Crippen molar-refractivity contribution in [3.05, 3.63) is 60.2 Å².